The van der Waals surface area contributed by atoms with Gasteiger partial charge in [-0.15, -0.1) is 0 Å². The Morgan fingerprint density at radius 3 is 2.81 bits per heavy atom. The second-order valence-corrected chi connectivity index (χ2v) is 4.55. The summed E-state index contributed by atoms with van der Waals surface area (Å²) in [6.07, 6.45) is 0.781. The fourth-order valence-electron chi connectivity index (χ4n) is 2.02. The molecule has 0 saturated carbocycles. The monoisotopic (exact) mass is 237 g/mol. The maximum absolute atomic E-state index is 6.23. The predicted molar refractivity (Wildman–Crippen MR) is 67.9 cm³/mol. The summed E-state index contributed by atoms with van der Waals surface area (Å²) in [5.74, 6) is 1.01. The number of nitrogens with zero attached hydrogens (tertiary/aromatic N) is 2. The first-order valence-electron chi connectivity index (χ1n) is 5.50. The van der Waals surface area contributed by atoms with E-state index in [2.05, 4.69) is 23.4 Å². The lowest BCUT2D eigenvalue weighted by atomic mass is 10.3. The minimum absolute atomic E-state index is 0.339. The van der Waals surface area contributed by atoms with Gasteiger partial charge in [0.05, 0.1) is 16.1 Å². The minimum Gasteiger partial charge on any atom is -0.330 e. The number of rotatable bonds is 3. The van der Waals surface area contributed by atoms with Gasteiger partial charge in [0.1, 0.15) is 5.82 Å². The number of aromatic nitrogens is 2. The molecule has 1 heterocycles. The molecule has 0 amide bonds. The third kappa shape index (κ3) is 1.81. The van der Waals surface area contributed by atoms with Gasteiger partial charge < -0.3 is 10.3 Å². The van der Waals surface area contributed by atoms with Crippen molar-refractivity contribution in [1.82, 2.24) is 9.55 Å². The number of hydrogen-bond acceptors (Lipinski definition) is 2. The van der Waals surface area contributed by atoms with Gasteiger partial charge in [-0.25, -0.2) is 4.98 Å². The highest BCUT2D eigenvalue weighted by Crippen LogP contribution is 2.27. The van der Waals surface area contributed by atoms with E-state index in [-0.39, 0.29) is 0 Å². The lowest BCUT2D eigenvalue weighted by Gasteiger charge is -2.13. The Hall–Kier alpha value is -1.06. The van der Waals surface area contributed by atoms with E-state index >= 15 is 0 Å². The summed E-state index contributed by atoms with van der Waals surface area (Å²) < 4.78 is 2.17. The third-order valence-electron chi connectivity index (χ3n) is 2.62. The molecule has 2 aromatic rings. The topological polar surface area (TPSA) is 43.8 Å². The number of imidazole rings is 1. The first-order chi connectivity index (χ1) is 7.65. The van der Waals surface area contributed by atoms with Gasteiger partial charge in [-0.1, -0.05) is 17.7 Å². The van der Waals surface area contributed by atoms with Gasteiger partial charge in [0.15, 0.2) is 0 Å². The van der Waals surface area contributed by atoms with Crippen LogP contribution in [0.2, 0.25) is 5.02 Å². The quantitative estimate of drug-likeness (QED) is 0.892. The first kappa shape index (κ1) is 11.4. The van der Waals surface area contributed by atoms with Crippen molar-refractivity contribution in [2.24, 2.45) is 5.73 Å². The van der Waals surface area contributed by atoms with Crippen molar-refractivity contribution in [2.75, 3.05) is 6.54 Å². The highest BCUT2D eigenvalue weighted by atomic mass is 35.5. The van der Waals surface area contributed by atoms with Crippen molar-refractivity contribution in [3.05, 3.63) is 29.0 Å². The molecule has 0 bridgehead atoms. The molecular formula is C12H16ClN3. The van der Waals surface area contributed by atoms with Crippen molar-refractivity contribution in [1.29, 1.82) is 0 Å². The molecule has 0 fully saturated rings. The smallest absolute Gasteiger partial charge is 0.111 e. The average molecular weight is 238 g/mol. The Bertz CT molecular complexity index is 502. The van der Waals surface area contributed by atoms with Crippen LogP contribution in [0.25, 0.3) is 11.0 Å². The maximum atomic E-state index is 6.23. The number of fused-ring (bicyclic) bond motifs is 1. The van der Waals surface area contributed by atoms with Gasteiger partial charge in [0.2, 0.25) is 0 Å². The van der Waals surface area contributed by atoms with Crippen molar-refractivity contribution in [3.63, 3.8) is 0 Å². The molecular weight excluding hydrogens is 222 g/mol. The highest BCUT2D eigenvalue weighted by molar-refractivity contribution is 6.35. The van der Waals surface area contributed by atoms with E-state index in [1.807, 2.05) is 18.2 Å². The molecule has 2 N–H and O–H groups in total. The molecule has 1 aromatic heterocycles. The van der Waals surface area contributed by atoms with Crippen LogP contribution in [-0.4, -0.2) is 16.1 Å². The molecule has 0 atom stereocenters. The van der Waals surface area contributed by atoms with Crippen LogP contribution in [-0.2, 0) is 6.42 Å². The summed E-state index contributed by atoms with van der Waals surface area (Å²) in [5.41, 5.74) is 7.57. The van der Waals surface area contributed by atoms with Crippen LogP contribution in [0.15, 0.2) is 18.2 Å². The largest absolute Gasteiger partial charge is 0.330 e. The summed E-state index contributed by atoms with van der Waals surface area (Å²) in [6, 6.07) is 6.15. The van der Waals surface area contributed by atoms with Crippen LogP contribution in [0.5, 0.6) is 0 Å². The van der Waals surface area contributed by atoms with Crippen LogP contribution in [0.3, 0.4) is 0 Å². The van der Waals surface area contributed by atoms with E-state index in [4.69, 9.17) is 17.3 Å². The third-order valence-corrected chi connectivity index (χ3v) is 2.92. The molecule has 0 saturated heterocycles. The summed E-state index contributed by atoms with van der Waals surface area (Å²) in [6.45, 7) is 4.86. The molecule has 16 heavy (non-hydrogen) atoms. The van der Waals surface area contributed by atoms with E-state index in [0.717, 1.165) is 28.3 Å². The summed E-state index contributed by atoms with van der Waals surface area (Å²) in [5, 5.41) is 0.752. The zero-order valence-electron chi connectivity index (χ0n) is 9.57. The lowest BCUT2D eigenvalue weighted by Crippen LogP contribution is -2.11. The zero-order chi connectivity index (χ0) is 11.7. The fourth-order valence-corrected chi connectivity index (χ4v) is 2.28. The van der Waals surface area contributed by atoms with E-state index < -0.39 is 0 Å². The maximum Gasteiger partial charge on any atom is 0.111 e. The first-order valence-corrected chi connectivity index (χ1v) is 5.88. The Morgan fingerprint density at radius 2 is 2.19 bits per heavy atom. The predicted octanol–water partition coefficient (Wildman–Crippen LogP) is 2.77. The van der Waals surface area contributed by atoms with Gasteiger partial charge in [-0.3, -0.25) is 0 Å². The van der Waals surface area contributed by atoms with Crippen LogP contribution < -0.4 is 5.73 Å². The van der Waals surface area contributed by atoms with Crippen LogP contribution >= 0.6 is 11.6 Å². The molecule has 1 aromatic carbocycles. The number of halogens is 1. The van der Waals surface area contributed by atoms with Gasteiger partial charge in [0.25, 0.3) is 0 Å². The van der Waals surface area contributed by atoms with Crippen LogP contribution in [0.1, 0.15) is 25.7 Å². The molecule has 3 nitrogen and oxygen atoms in total. The van der Waals surface area contributed by atoms with Crippen molar-refractivity contribution in [3.8, 4) is 0 Å². The van der Waals surface area contributed by atoms with E-state index in [1.54, 1.807) is 0 Å². The second kappa shape index (κ2) is 4.44. The molecule has 0 radical (unpaired) electrons. The zero-order valence-corrected chi connectivity index (χ0v) is 10.3. The number of benzene rings is 1. The van der Waals surface area contributed by atoms with Gasteiger partial charge in [-0.2, -0.15) is 0 Å². The lowest BCUT2D eigenvalue weighted by molar-refractivity contribution is 0.584. The fraction of sp³-hybridized carbons (Fsp3) is 0.417. The Morgan fingerprint density at radius 1 is 1.44 bits per heavy atom. The number of hydrogen-bond donors (Lipinski definition) is 1. The molecule has 0 aliphatic heterocycles. The molecule has 0 aliphatic carbocycles. The van der Waals surface area contributed by atoms with Crippen molar-refractivity contribution >= 4 is 22.6 Å². The minimum atomic E-state index is 0.339. The molecule has 86 valence electrons. The molecule has 0 unspecified atom stereocenters. The Labute approximate surface area is 100 Å². The standard InChI is InChI=1S/C12H16ClN3/c1-8(2)16-11(6-7-14)15-10-5-3-4-9(13)12(10)16/h3-5,8H,6-7,14H2,1-2H3. The summed E-state index contributed by atoms with van der Waals surface area (Å²) in [7, 11) is 0. The second-order valence-electron chi connectivity index (χ2n) is 4.14. The molecule has 2 rings (SSSR count). The Balaban J connectivity index is 2.72. The highest BCUT2D eigenvalue weighted by Gasteiger charge is 2.14. The van der Waals surface area contributed by atoms with E-state index in [1.165, 1.54) is 0 Å². The van der Waals surface area contributed by atoms with E-state index in [9.17, 15) is 0 Å². The van der Waals surface area contributed by atoms with Gasteiger partial charge in [-0.05, 0) is 32.5 Å². The number of para-hydroxylation sites is 1. The summed E-state index contributed by atoms with van der Waals surface area (Å²) in [4.78, 5) is 4.58. The van der Waals surface area contributed by atoms with Gasteiger partial charge >= 0.3 is 0 Å². The normalized spacial score (nSPS) is 11.6. The van der Waals surface area contributed by atoms with E-state index in [0.29, 0.717) is 12.6 Å². The molecule has 0 spiro atoms. The molecule has 4 heteroatoms. The average Bonchev–Trinajstić information content (AvgIpc) is 2.58. The van der Waals surface area contributed by atoms with Crippen LogP contribution in [0.4, 0.5) is 0 Å². The van der Waals surface area contributed by atoms with Crippen molar-refractivity contribution in [2.45, 2.75) is 26.3 Å². The van der Waals surface area contributed by atoms with Crippen LogP contribution in [0, 0.1) is 0 Å². The van der Waals surface area contributed by atoms with Gasteiger partial charge in [0, 0.05) is 12.5 Å². The molecule has 0 aliphatic rings. The van der Waals surface area contributed by atoms with Crippen molar-refractivity contribution < 1.29 is 0 Å². The Kier molecular flexibility index (Phi) is 3.17. The summed E-state index contributed by atoms with van der Waals surface area (Å²) >= 11 is 6.23. The number of nitrogens with two attached hydrogens (primary N) is 1. The SMILES string of the molecule is CC(C)n1c(CCN)nc2cccc(Cl)c21.